The van der Waals surface area contributed by atoms with Crippen molar-refractivity contribution in [1.29, 1.82) is 0 Å². The number of hydrogen-bond donors (Lipinski definition) is 0. The van der Waals surface area contributed by atoms with E-state index in [2.05, 4.69) is 128 Å². The van der Waals surface area contributed by atoms with Gasteiger partial charge in [0.25, 0.3) is 0 Å². The molecule has 3 fully saturated rings. The minimum Gasteiger partial charge on any atom is -0.298 e. The van der Waals surface area contributed by atoms with E-state index in [0.717, 1.165) is 19.6 Å². The van der Waals surface area contributed by atoms with Gasteiger partial charge >= 0.3 is 0 Å². The van der Waals surface area contributed by atoms with Crippen molar-refractivity contribution in [2.24, 2.45) is 0 Å². The average Bonchev–Trinajstić information content (AvgIpc) is 3.48. The average molecular weight is 444 g/mol. The van der Waals surface area contributed by atoms with Crippen LogP contribution in [-0.4, -0.2) is 18.0 Å². The summed E-state index contributed by atoms with van der Waals surface area (Å²) in [6.07, 6.45) is 13.5. The molecule has 3 aliphatic rings. The predicted molar refractivity (Wildman–Crippen MR) is 139 cm³/mol. The Bertz CT molecular complexity index is 987. The molecule has 0 N–H and O–H groups in total. The standard InChI is InChI=1S/C31H26NP/c1-3-14-27(15-4-1)33(28-16-5-2-6-17-28)31-20-8-7-11-26(31)23-32-21-24-12-9-18-29(24)30-19-10-13-25(30)22-32/h1-20H,21-23H2. The van der Waals surface area contributed by atoms with E-state index in [-0.39, 0.29) is 0 Å². The monoisotopic (exact) mass is 443 g/mol. The van der Waals surface area contributed by atoms with Gasteiger partial charge in [0.15, 0.2) is 0 Å². The molecule has 10 radical (unpaired) electrons. The zero-order chi connectivity index (χ0) is 22.0. The van der Waals surface area contributed by atoms with Crippen molar-refractivity contribution in [1.82, 2.24) is 4.90 Å². The van der Waals surface area contributed by atoms with Gasteiger partial charge < -0.3 is 0 Å². The number of benzene rings is 3. The van der Waals surface area contributed by atoms with Crippen LogP contribution in [-0.2, 0) is 6.54 Å². The van der Waals surface area contributed by atoms with E-state index in [1.54, 1.807) is 0 Å². The minimum atomic E-state index is -0.614. The molecule has 0 atom stereocenters. The molecule has 0 spiro atoms. The third kappa shape index (κ3) is 4.43. The van der Waals surface area contributed by atoms with E-state index in [1.807, 2.05) is 0 Å². The second kappa shape index (κ2) is 9.73. The maximum absolute atomic E-state index is 2.60. The van der Waals surface area contributed by atoms with Crippen LogP contribution in [0.5, 0.6) is 0 Å². The Kier molecular flexibility index (Phi) is 6.36. The topological polar surface area (TPSA) is 3.24 Å². The van der Waals surface area contributed by atoms with Crippen molar-refractivity contribution in [2.45, 2.75) is 6.54 Å². The molecule has 1 heterocycles. The normalized spacial score (nSPS) is 20.8. The molecule has 1 saturated heterocycles. The highest BCUT2D eigenvalue weighted by atomic mass is 31.1. The lowest BCUT2D eigenvalue weighted by molar-refractivity contribution is 0.301. The predicted octanol–water partition coefficient (Wildman–Crippen LogP) is 4.81. The van der Waals surface area contributed by atoms with Gasteiger partial charge in [-0.3, -0.25) is 4.90 Å². The summed E-state index contributed by atoms with van der Waals surface area (Å²) in [5, 5.41) is 4.26. The molecule has 2 aliphatic carbocycles. The maximum Gasteiger partial charge on any atom is 0.0240 e. The second-order valence-corrected chi connectivity index (χ2v) is 10.9. The third-order valence-electron chi connectivity index (χ3n) is 6.55. The van der Waals surface area contributed by atoms with Crippen molar-refractivity contribution >= 4 is 23.8 Å². The SMILES string of the molecule is [CH]1[CH][C]2CN(Cc3ccccc3P(c3ccccc3)c3ccccc3)C[C]3[CH][CH][CH][C]3[C]2[CH]1. The first kappa shape index (κ1) is 21.6. The fraction of sp³-hybridized carbons (Fsp3) is 0.0968. The highest BCUT2D eigenvalue weighted by molar-refractivity contribution is 7.79. The smallest absolute Gasteiger partial charge is 0.0240 e. The zero-order valence-corrected chi connectivity index (χ0v) is 19.5. The van der Waals surface area contributed by atoms with E-state index < -0.39 is 7.92 Å². The van der Waals surface area contributed by atoms with Crippen molar-refractivity contribution in [3.8, 4) is 0 Å². The molecule has 0 aromatic heterocycles. The molecule has 33 heavy (non-hydrogen) atoms. The molecule has 2 heteroatoms. The van der Waals surface area contributed by atoms with Crippen LogP contribution in [0.25, 0.3) is 0 Å². The summed E-state index contributed by atoms with van der Waals surface area (Å²) in [5.74, 6) is 5.68. The Morgan fingerprint density at radius 1 is 0.576 bits per heavy atom. The van der Waals surface area contributed by atoms with Crippen molar-refractivity contribution < 1.29 is 0 Å². The van der Waals surface area contributed by atoms with E-state index >= 15 is 0 Å². The lowest BCUT2D eigenvalue weighted by Crippen LogP contribution is -2.32. The highest BCUT2D eigenvalue weighted by Gasteiger charge is 2.45. The third-order valence-corrected chi connectivity index (χ3v) is 9.09. The van der Waals surface area contributed by atoms with Crippen LogP contribution in [0, 0.1) is 62.2 Å². The molecule has 2 saturated carbocycles. The number of likely N-dealkylation sites (tertiary alicyclic amines) is 1. The van der Waals surface area contributed by atoms with Crippen molar-refractivity contribution in [2.75, 3.05) is 13.1 Å². The number of nitrogens with zero attached hydrogens (tertiary/aromatic N) is 1. The number of rotatable bonds is 5. The summed E-state index contributed by atoms with van der Waals surface area (Å²) >= 11 is 0. The first-order chi connectivity index (χ1) is 16.4. The van der Waals surface area contributed by atoms with E-state index in [1.165, 1.54) is 45.1 Å². The van der Waals surface area contributed by atoms with Gasteiger partial charge in [-0.1, -0.05) is 84.9 Å². The molecular formula is C31H26NP. The lowest BCUT2D eigenvalue weighted by Gasteiger charge is -2.28. The van der Waals surface area contributed by atoms with Gasteiger partial charge in [0.2, 0.25) is 0 Å². The van der Waals surface area contributed by atoms with Crippen molar-refractivity contribution in [3.05, 3.63) is 153 Å². The lowest BCUT2D eigenvalue weighted by atomic mass is 9.79. The van der Waals surface area contributed by atoms with Gasteiger partial charge in [-0.25, -0.2) is 0 Å². The molecule has 1 nitrogen and oxygen atoms in total. The summed E-state index contributed by atoms with van der Waals surface area (Å²) in [5.41, 5.74) is 1.43. The first-order valence-corrected chi connectivity index (χ1v) is 12.9. The van der Waals surface area contributed by atoms with Gasteiger partial charge in [0.1, 0.15) is 0 Å². The van der Waals surface area contributed by atoms with Crippen molar-refractivity contribution in [3.63, 3.8) is 0 Å². The van der Waals surface area contributed by atoms with Crippen LogP contribution in [0.1, 0.15) is 5.56 Å². The highest BCUT2D eigenvalue weighted by Crippen LogP contribution is 2.51. The molecular weight excluding hydrogens is 417 g/mol. The minimum absolute atomic E-state index is 0.614. The summed E-state index contributed by atoms with van der Waals surface area (Å²) < 4.78 is 0. The fourth-order valence-corrected chi connectivity index (χ4v) is 7.51. The summed E-state index contributed by atoms with van der Waals surface area (Å²) in [6, 6.07) is 31.1. The Labute approximate surface area is 201 Å². The van der Waals surface area contributed by atoms with E-state index in [0.29, 0.717) is 0 Å². The Balaban J connectivity index is 1.34. The van der Waals surface area contributed by atoms with Gasteiger partial charge in [-0.2, -0.15) is 0 Å². The van der Waals surface area contributed by atoms with Crippen LogP contribution >= 0.6 is 7.92 Å². The fourth-order valence-electron chi connectivity index (χ4n) is 5.05. The first-order valence-electron chi connectivity index (χ1n) is 11.6. The second-order valence-electron chi connectivity index (χ2n) is 8.71. The quantitative estimate of drug-likeness (QED) is 0.512. The van der Waals surface area contributed by atoms with Crippen LogP contribution in [0.3, 0.4) is 0 Å². The summed E-state index contributed by atoms with van der Waals surface area (Å²) in [6.45, 7) is 2.92. The molecule has 160 valence electrons. The van der Waals surface area contributed by atoms with Crippen LogP contribution in [0.15, 0.2) is 84.9 Å². The number of fused-ring (bicyclic) bond motifs is 3. The van der Waals surface area contributed by atoms with Gasteiger partial charge in [0, 0.05) is 31.5 Å². The van der Waals surface area contributed by atoms with Gasteiger partial charge in [-0.15, -0.1) is 0 Å². The molecule has 3 aromatic rings. The Morgan fingerprint density at radius 2 is 1.09 bits per heavy atom. The molecule has 1 aliphatic heterocycles. The summed E-state index contributed by atoms with van der Waals surface area (Å²) in [7, 11) is -0.614. The number of hydrogen-bond acceptors (Lipinski definition) is 1. The van der Waals surface area contributed by atoms with Crippen LogP contribution < -0.4 is 15.9 Å². The summed E-state index contributed by atoms with van der Waals surface area (Å²) in [4.78, 5) is 2.60. The Morgan fingerprint density at radius 3 is 1.67 bits per heavy atom. The van der Waals surface area contributed by atoms with Gasteiger partial charge in [-0.05, 0) is 79.8 Å². The van der Waals surface area contributed by atoms with Crippen LogP contribution in [0.2, 0.25) is 0 Å². The molecule has 0 bridgehead atoms. The van der Waals surface area contributed by atoms with Gasteiger partial charge in [0.05, 0.1) is 0 Å². The zero-order valence-electron chi connectivity index (χ0n) is 18.6. The molecule has 0 unspecified atom stereocenters. The van der Waals surface area contributed by atoms with E-state index in [4.69, 9.17) is 0 Å². The maximum atomic E-state index is 2.60. The molecule has 3 aromatic carbocycles. The molecule has 0 amide bonds. The van der Waals surface area contributed by atoms with E-state index in [9.17, 15) is 0 Å². The van der Waals surface area contributed by atoms with Crippen LogP contribution in [0.4, 0.5) is 0 Å². The largest absolute Gasteiger partial charge is 0.298 e. The molecule has 6 rings (SSSR count). The Hall–Kier alpha value is -1.95.